The standard InChI is InChI=1S/C75H90NO8.O.Os/c1-8-12-14-16-19-55(20-17-15-13-9-2)45-67-68-47-57(24-30-63(68)62-28-21-52(5)42-66(62)70(67)50-76)58-25-31-65-64-29-22-53(6)43-71(64)75(72(65)48-58,60-26-23-56(59(46-60)51-77)44-54(18-10-3)33-35-81-34-11-4)61-27-32-73(69(49-61)74(78)79)84-41-40-83-39-38-82-37-36-80-7;;/h21-32,42-43,46-49,54-55H,8-20,33-41,44-45H2,1-7H3,(H,78,79);;/q-1;;/p-1. The second-order valence-electron chi connectivity index (χ2n) is 23.4. The van der Waals surface area contributed by atoms with E-state index >= 15 is 0 Å². The summed E-state index contributed by atoms with van der Waals surface area (Å²) in [5.74, 6) is -0.440. The van der Waals surface area contributed by atoms with Crippen LogP contribution in [0, 0.1) is 37.0 Å². The van der Waals surface area contributed by atoms with E-state index in [0.717, 1.165) is 140 Å². The van der Waals surface area contributed by atoms with E-state index in [1.807, 2.05) is 12.1 Å². The number of unbranched alkanes of at least 4 members (excludes halogenated alkanes) is 6. The van der Waals surface area contributed by atoms with Gasteiger partial charge in [0.1, 0.15) is 18.4 Å². The average molecular weight is 1340 g/mol. The van der Waals surface area contributed by atoms with Crippen molar-refractivity contribution < 1.29 is 60.5 Å². The first-order valence-corrected chi connectivity index (χ1v) is 32.6. The van der Waals surface area contributed by atoms with Crippen LogP contribution in [-0.2, 0) is 64.1 Å². The number of ether oxygens (including phenoxy) is 5. The van der Waals surface area contributed by atoms with Gasteiger partial charge in [-0.3, -0.25) is 0 Å². The number of hydrogen-bond donors (Lipinski definition) is 0. The van der Waals surface area contributed by atoms with Crippen LogP contribution in [0.4, 0.5) is 0 Å². The second kappa shape index (κ2) is 34.3. The Morgan fingerprint density at radius 1 is 0.570 bits per heavy atom. The van der Waals surface area contributed by atoms with Crippen LogP contribution in [0.25, 0.3) is 43.8 Å². The van der Waals surface area contributed by atoms with Gasteiger partial charge in [-0.1, -0.05) is 201 Å². The molecule has 1 aliphatic rings. The number of hydrogen-bond acceptors (Lipinski definition) is 10. The number of carbonyl (C=O) groups is 1. The SMILES string of the molecule is CCCCCCC(CCCCCC)Cc1c(C#N)c2cc(C)ccc2c2ccc(-c3ccc4c(c3)C(c3ccc(CC(CCC)CCOCCC)c([C-]=O)c3)(c3ccc(OCCOCCOCCOC)c(C(=O)[O-])c3)c3cc(C)ccc3-4)cc12.[O]=[Os]. The van der Waals surface area contributed by atoms with E-state index in [1.165, 1.54) is 51.4 Å². The van der Waals surface area contributed by atoms with Gasteiger partial charge in [-0.2, -0.15) is 11.3 Å². The Morgan fingerprint density at radius 2 is 1.16 bits per heavy atom. The van der Waals surface area contributed by atoms with Gasteiger partial charge in [0.15, 0.2) is 0 Å². The summed E-state index contributed by atoms with van der Waals surface area (Å²) < 4.78 is 36.8. The predicted octanol–water partition coefficient (Wildman–Crippen LogP) is 16.1. The monoisotopic (exact) mass is 1340 g/mol. The van der Waals surface area contributed by atoms with Crippen molar-refractivity contribution in [1.82, 2.24) is 0 Å². The summed E-state index contributed by atoms with van der Waals surface area (Å²) in [6, 6.07) is 40.9. The van der Waals surface area contributed by atoms with Crippen molar-refractivity contribution in [3.05, 3.63) is 170 Å². The fraction of sp³-hybridized carbons (Fsp3) is 0.453. The zero-order valence-corrected chi connectivity index (χ0v) is 54.5. The molecule has 86 heavy (non-hydrogen) atoms. The zero-order chi connectivity index (χ0) is 61.4. The number of carboxylic acids is 1. The van der Waals surface area contributed by atoms with Crippen molar-refractivity contribution in [2.75, 3.05) is 60.0 Å². The number of methoxy groups -OCH3 is 1. The molecule has 11 heteroatoms. The van der Waals surface area contributed by atoms with E-state index in [0.29, 0.717) is 81.0 Å². The fourth-order valence-electron chi connectivity index (χ4n) is 13.1. The van der Waals surface area contributed by atoms with Crippen LogP contribution in [0.15, 0.2) is 109 Å². The number of nitrogens with zero attached hydrogens (tertiary/aromatic N) is 1. The van der Waals surface area contributed by atoms with Gasteiger partial charge in [0.05, 0.1) is 56.3 Å². The summed E-state index contributed by atoms with van der Waals surface area (Å²) in [6.45, 7) is 16.5. The normalized spacial score (nSPS) is 13.8. The van der Waals surface area contributed by atoms with Gasteiger partial charge in [0, 0.05) is 31.3 Å². The van der Waals surface area contributed by atoms with Gasteiger partial charge in [0.2, 0.25) is 0 Å². The summed E-state index contributed by atoms with van der Waals surface area (Å²) in [5, 5.41) is 29.0. The van der Waals surface area contributed by atoms with E-state index in [-0.39, 0.29) is 24.5 Å². The number of nitriles is 1. The van der Waals surface area contributed by atoms with Gasteiger partial charge in [-0.15, -0.1) is 17.2 Å². The number of carboxylic acid groups (broad SMARTS) is 1. The molecule has 1 aliphatic carbocycles. The summed E-state index contributed by atoms with van der Waals surface area (Å²) in [7, 11) is 1.63. The van der Waals surface area contributed by atoms with Gasteiger partial charge in [-0.25, -0.2) is 0 Å². The molecular weight excluding hydrogens is 1250 g/mol. The maximum absolute atomic E-state index is 13.5. The topological polar surface area (TPSA) is 144 Å². The molecule has 0 saturated heterocycles. The molecule has 0 saturated carbocycles. The van der Waals surface area contributed by atoms with Crippen molar-refractivity contribution >= 4 is 33.8 Å². The Balaban J connectivity index is 0.00000523. The van der Waals surface area contributed by atoms with Crippen LogP contribution in [0.3, 0.4) is 0 Å². The Labute approximate surface area is 522 Å². The molecule has 10 nitrogen and oxygen atoms in total. The fourth-order valence-corrected chi connectivity index (χ4v) is 13.1. The van der Waals surface area contributed by atoms with Crippen LogP contribution in [0.5, 0.6) is 5.75 Å². The molecule has 0 radical (unpaired) electrons. The average Bonchev–Trinajstić information content (AvgIpc) is 1.55. The molecule has 458 valence electrons. The van der Waals surface area contributed by atoms with E-state index in [9.17, 15) is 20.0 Å². The quantitative estimate of drug-likeness (QED) is 0.0211. The molecule has 0 fully saturated rings. The minimum atomic E-state index is -1.37. The third-order valence-corrected chi connectivity index (χ3v) is 17.3. The maximum atomic E-state index is 13.5. The molecule has 0 spiro atoms. The van der Waals surface area contributed by atoms with E-state index < -0.39 is 11.4 Å². The minimum absolute atomic E-state index is 0.0909. The number of aromatic carboxylic acids is 1. The number of fused-ring (bicyclic) bond motifs is 6. The predicted molar refractivity (Wildman–Crippen MR) is 340 cm³/mol. The summed E-state index contributed by atoms with van der Waals surface area (Å²) >= 11 is 0.611. The van der Waals surface area contributed by atoms with Gasteiger partial charge >= 0.3 is 22.1 Å². The molecule has 0 amide bonds. The Bertz CT molecular complexity index is 3390. The van der Waals surface area contributed by atoms with Crippen LogP contribution >= 0.6 is 0 Å². The van der Waals surface area contributed by atoms with Gasteiger partial charge in [-0.05, 0) is 130 Å². The van der Waals surface area contributed by atoms with E-state index in [2.05, 4.69) is 139 Å². The second-order valence-corrected chi connectivity index (χ2v) is 23.4. The molecule has 0 heterocycles. The first-order valence-electron chi connectivity index (χ1n) is 31.6. The number of carbonyl (C=O) groups excluding carboxylic acids is 2. The number of benzene rings is 7. The zero-order valence-electron chi connectivity index (χ0n) is 52.0. The van der Waals surface area contributed by atoms with Crippen molar-refractivity contribution in [3.8, 4) is 34.1 Å². The molecule has 0 aliphatic heterocycles. The van der Waals surface area contributed by atoms with Crippen LogP contribution in [-0.4, -0.2) is 72.2 Å². The van der Waals surface area contributed by atoms with Crippen LogP contribution in [0.1, 0.15) is 184 Å². The van der Waals surface area contributed by atoms with Crippen LogP contribution in [0.2, 0.25) is 0 Å². The number of aryl methyl sites for hydroxylation is 2. The summed E-state index contributed by atoms with van der Waals surface area (Å²) in [6.07, 6.45) is 19.7. The molecule has 8 rings (SSSR count). The Hall–Kier alpha value is -6.23. The molecule has 0 aromatic heterocycles. The van der Waals surface area contributed by atoms with Crippen molar-refractivity contribution in [1.29, 1.82) is 5.26 Å². The summed E-state index contributed by atoms with van der Waals surface area (Å²) in [5.41, 5.74) is 11.7. The molecule has 7 aromatic carbocycles. The third-order valence-electron chi connectivity index (χ3n) is 17.3. The number of rotatable bonds is 36. The summed E-state index contributed by atoms with van der Waals surface area (Å²) in [4.78, 5) is 26.9. The molecule has 2 atom stereocenters. The Kier molecular flexibility index (Phi) is 26.9. The van der Waals surface area contributed by atoms with Crippen molar-refractivity contribution in [3.63, 3.8) is 0 Å². The third kappa shape index (κ3) is 16.3. The van der Waals surface area contributed by atoms with Gasteiger partial charge in [0.25, 0.3) is 0 Å². The molecule has 0 N–H and O–H groups in total. The van der Waals surface area contributed by atoms with E-state index in [1.54, 1.807) is 19.2 Å². The van der Waals surface area contributed by atoms with Crippen molar-refractivity contribution in [2.24, 2.45) is 11.8 Å². The molecule has 2 unspecified atom stereocenters. The van der Waals surface area contributed by atoms with E-state index in [4.69, 9.17) is 27.2 Å². The Morgan fingerprint density at radius 3 is 1.84 bits per heavy atom. The molecular formula is C75H89NO9Os-2. The molecule has 0 bridgehead atoms. The van der Waals surface area contributed by atoms with Crippen molar-refractivity contribution in [2.45, 2.75) is 150 Å². The first kappa shape index (κ1) is 67.3. The van der Waals surface area contributed by atoms with Gasteiger partial charge < -0.3 is 38.4 Å². The molecule has 7 aromatic rings. The van der Waals surface area contributed by atoms with Crippen LogP contribution < -0.4 is 9.84 Å². The first-order chi connectivity index (χ1) is 42.0.